The molecular formula is C17H28N2O2. The summed E-state index contributed by atoms with van der Waals surface area (Å²) >= 11 is 0. The Morgan fingerprint density at radius 2 is 2.00 bits per heavy atom. The summed E-state index contributed by atoms with van der Waals surface area (Å²) in [6.07, 6.45) is 2.40. The van der Waals surface area contributed by atoms with Crippen molar-refractivity contribution in [2.75, 3.05) is 40.5 Å². The molecule has 1 fully saturated rings. The Balaban J connectivity index is 1.93. The van der Waals surface area contributed by atoms with Crippen molar-refractivity contribution in [1.82, 2.24) is 4.90 Å². The van der Waals surface area contributed by atoms with Gasteiger partial charge in [-0.15, -0.1) is 0 Å². The van der Waals surface area contributed by atoms with E-state index in [1.807, 2.05) is 6.07 Å². The minimum absolute atomic E-state index is 0.00109. The number of nitrogens with two attached hydrogens (primary N) is 1. The highest BCUT2D eigenvalue weighted by atomic mass is 16.5. The van der Waals surface area contributed by atoms with Gasteiger partial charge in [0.15, 0.2) is 0 Å². The zero-order valence-corrected chi connectivity index (χ0v) is 13.5. The molecule has 1 saturated heterocycles. The lowest BCUT2D eigenvalue weighted by molar-refractivity contribution is 0.0970. The minimum atomic E-state index is -0.00109. The van der Waals surface area contributed by atoms with Crippen molar-refractivity contribution in [1.29, 1.82) is 0 Å². The SMILES string of the molecule is COCC1CCN(CC(N)c2cc(C)ccc2OC)CC1. The van der Waals surface area contributed by atoms with Crippen LogP contribution in [0.1, 0.15) is 30.0 Å². The zero-order chi connectivity index (χ0) is 15.2. The molecule has 4 heteroatoms. The van der Waals surface area contributed by atoms with Crippen LogP contribution in [0.15, 0.2) is 18.2 Å². The fourth-order valence-corrected chi connectivity index (χ4v) is 3.09. The number of methoxy groups -OCH3 is 2. The van der Waals surface area contributed by atoms with E-state index in [1.165, 1.54) is 18.4 Å². The molecule has 1 unspecified atom stereocenters. The van der Waals surface area contributed by atoms with E-state index < -0.39 is 0 Å². The van der Waals surface area contributed by atoms with E-state index in [0.717, 1.165) is 37.6 Å². The Morgan fingerprint density at radius 3 is 2.62 bits per heavy atom. The molecule has 0 radical (unpaired) electrons. The quantitative estimate of drug-likeness (QED) is 0.874. The number of hydrogen-bond acceptors (Lipinski definition) is 4. The predicted molar refractivity (Wildman–Crippen MR) is 85.7 cm³/mol. The molecule has 0 amide bonds. The number of likely N-dealkylation sites (tertiary alicyclic amines) is 1. The Hall–Kier alpha value is -1.10. The van der Waals surface area contributed by atoms with E-state index in [-0.39, 0.29) is 6.04 Å². The van der Waals surface area contributed by atoms with Crippen LogP contribution < -0.4 is 10.5 Å². The maximum Gasteiger partial charge on any atom is 0.123 e. The number of nitrogens with zero attached hydrogens (tertiary/aromatic N) is 1. The number of hydrogen-bond donors (Lipinski definition) is 1. The second-order valence-electron chi connectivity index (χ2n) is 6.05. The molecule has 0 bridgehead atoms. The standard InChI is InChI=1S/C17H28N2O2/c1-13-4-5-17(21-3)15(10-13)16(18)11-19-8-6-14(7-9-19)12-20-2/h4-5,10,14,16H,6-9,11-12,18H2,1-3H3. The van der Waals surface area contributed by atoms with Gasteiger partial charge in [0, 0.05) is 31.9 Å². The van der Waals surface area contributed by atoms with E-state index in [0.29, 0.717) is 5.92 Å². The van der Waals surface area contributed by atoms with Gasteiger partial charge in [-0.2, -0.15) is 0 Å². The van der Waals surface area contributed by atoms with Crippen molar-refractivity contribution >= 4 is 0 Å². The number of rotatable bonds is 6. The maximum absolute atomic E-state index is 6.42. The van der Waals surface area contributed by atoms with Crippen LogP contribution in [-0.4, -0.2) is 45.4 Å². The van der Waals surface area contributed by atoms with Crippen molar-refractivity contribution in [3.05, 3.63) is 29.3 Å². The molecule has 1 aromatic rings. The van der Waals surface area contributed by atoms with Gasteiger partial charge in [0.05, 0.1) is 7.11 Å². The summed E-state index contributed by atoms with van der Waals surface area (Å²) in [7, 11) is 3.49. The average molecular weight is 292 g/mol. The molecule has 1 aromatic carbocycles. The highest BCUT2D eigenvalue weighted by Gasteiger charge is 2.22. The molecular weight excluding hydrogens is 264 g/mol. The van der Waals surface area contributed by atoms with Crippen LogP contribution in [0.25, 0.3) is 0 Å². The van der Waals surface area contributed by atoms with E-state index in [2.05, 4.69) is 24.0 Å². The molecule has 1 aliphatic heterocycles. The lowest BCUT2D eigenvalue weighted by Gasteiger charge is -2.33. The van der Waals surface area contributed by atoms with Gasteiger partial charge in [-0.05, 0) is 44.8 Å². The molecule has 1 aliphatic rings. The van der Waals surface area contributed by atoms with Gasteiger partial charge in [0.2, 0.25) is 0 Å². The third-order valence-corrected chi connectivity index (χ3v) is 4.35. The third-order valence-electron chi connectivity index (χ3n) is 4.35. The molecule has 0 saturated carbocycles. The summed E-state index contributed by atoms with van der Waals surface area (Å²) in [5.74, 6) is 1.60. The monoisotopic (exact) mass is 292 g/mol. The van der Waals surface area contributed by atoms with Crippen molar-refractivity contribution in [2.45, 2.75) is 25.8 Å². The number of piperidine rings is 1. The highest BCUT2D eigenvalue weighted by molar-refractivity contribution is 5.39. The molecule has 1 heterocycles. The molecule has 21 heavy (non-hydrogen) atoms. The molecule has 1 atom stereocenters. The van der Waals surface area contributed by atoms with Gasteiger partial charge in [0.25, 0.3) is 0 Å². The maximum atomic E-state index is 6.42. The van der Waals surface area contributed by atoms with Crippen molar-refractivity contribution in [3.63, 3.8) is 0 Å². The summed E-state index contributed by atoms with van der Waals surface area (Å²) in [4.78, 5) is 2.46. The van der Waals surface area contributed by atoms with Gasteiger partial charge in [-0.1, -0.05) is 17.7 Å². The largest absolute Gasteiger partial charge is 0.496 e. The molecule has 0 spiro atoms. The fraction of sp³-hybridized carbons (Fsp3) is 0.647. The van der Waals surface area contributed by atoms with Crippen LogP contribution in [0, 0.1) is 12.8 Å². The Morgan fingerprint density at radius 1 is 1.29 bits per heavy atom. The normalized spacial score (nSPS) is 18.7. The van der Waals surface area contributed by atoms with Gasteiger partial charge in [0.1, 0.15) is 5.75 Å². The first-order valence-electron chi connectivity index (χ1n) is 7.75. The van der Waals surface area contributed by atoms with Crippen molar-refractivity contribution in [2.24, 2.45) is 11.7 Å². The Labute approximate surface area is 128 Å². The van der Waals surface area contributed by atoms with Gasteiger partial charge in [-0.25, -0.2) is 0 Å². The number of ether oxygens (including phenoxy) is 2. The first-order valence-corrected chi connectivity index (χ1v) is 7.75. The lowest BCUT2D eigenvalue weighted by Crippen LogP contribution is -2.39. The lowest BCUT2D eigenvalue weighted by atomic mass is 9.96. The number of benzene rings is 1. The second-order valence-corrected chi connectivity index (χ2v) is 6.05. The van der Waals surface area contributed by atoms with Crippen LogP contribution >= 0.6 is 0 Å². The summed E-state index contributed by atoms with van der Waals surface area (Å²) < 4.78 is 10.7. The third kappa shape index (κ3) is 4.43. The molecule has 0 aromatic heterocycles. The Kier molecular flexibility index (Phi) is 6.03. The summed E-state index contributed by atoms with van der Waals surface area (Å²) in [5.41, 5.74) is 8.75. The predicted octanol–water partition coefficient (Wildman–Crippen LogP) is 2.36. The van der Waals surface area contributed by atoms with E-state index in [1.54, 1.807) is 14.2 Å². The van der Waals surface area contributed by atoms with E-state index in [9.17, 15) is 0 Å². The van der Waals surface area contributed by atoms with Crippen molar-refractivity contribution < 1.29 is 9.47 Å². The fourth-order valence-electron chi connectivity index (χ4n) is 3.09. The average Bonchev–Trinajstić information content (AvgIpc) is 2.49. The van der Waals surface area contributed by atoms with E-state index >= 15 is 0 Å². The zero-order valence-electron chi connectivity index (χ0n) is 13.5. The van der Waals surface area contributed by atoms with Crippen molar-refractivity contribution in [3.8, 4) is 5.75 Å². The molecule has 2 N–H and O–H groups in total. The Bertz CT molecular complexity index is 442. The topological polar surface area (TPSA) is 47.7 Å². The van der Waals surface area contributed by atoms with Gasteiger partial charge in [-0.3, -0.25) is 0 Å². The minimum Gasteiger partial charge on any atom is -0.496 e. The molecule has 0 aliphatic carbocycles. The first kappa shape index (κ1) is 16.3. The second kappa shape index (κ2) is 7.78. The summed E-state index contributed by atoms with van der Waals surface area (Å²) in [5, 5.41) is 0. The molecule has 4 nitrogen and oxygen atoms in total. The summed E-state index contributed by atoms with van der Waals surface area (Å²) in [6.45, 7) is 6.07. The highest BCUT2D eigenvalue weighted by Crippen LogP contribution is 2.27. The van der Waals surface area contributed by atoms with Crippen LogP contribution in [0.5, 0.6) is 5.75 Å². The smallest absolute Gasteiger partial charge is 0.123 e. The van der Waals surface area contributed by atoms with E-state index in [4.69, 9.17) is 15.2 Å². The van der Waals surface area contributed by atoms with Crippen LogP contribution in [0.4, 0.5) is 0 Å². The van der Waals surface area contributed by atoms with Gasteiger partial charge >= 0.3 is 0 Å². The summed E-state index contributed by atoms with van der Waals surface area (Å²) in [6, 6.07) is 6.21. The van der Waals surface area contributed by atoms with Crippen LogP contribution in [-0.2, 0) is 4.74 Å². The molecule has 2 rings (SSSR count). The van der Waals surface area contributed by atoms with Crippen LogP contribution in [0.3, 0.4) is 0 Å². The van der Waals surface area contributed by atoms with Crippen LogP contribution in [0.2, 0.25) is 0 Å². The first-order chi connectivity index (χ1) is 10.1. The number of aryl methyl sites for hydroxylation is 1. The molecule has 118 valence electrons. The van der Waals surface area contributed by atoms with Gasteiger partial charge < -0.3 is 20.1 Å².